The maximum atomic E-state index is 12.9. The summed E-state index contributed by atoms with van der Waals surface area (Å²) in [4.78, 5) is 25.5. The number of rotatable bonds is 7. The zero-order chi connectivity index (χ0) is 21.1. The summed E-state index contributed by atoms with van der Waals surface area (Å²) >= 11 is 1.31. The minimum absolute atomic E-state index is 0.0932. The van der Waals surface area contributed by atoms with E-state index >= 15 is 0 Å². The van der Waals surface area contributed by atoms with Crippen LogP contribution in [0.25, 0.3) is 16.7 Å². The lowest BCUT2D eigenvalue weighted by Gasteiger charge is -2.13. The number of carbonyl (C=O) groups excluding carboxylic acids is 1. The fraction of sp³-hybridized carbons (Fsp3) is 0.182. The quantitative estimate of drug-likeness (QED) is 0.368. The van der Waals surface area contributed by atoms with Crippen LogP contribution in [0.5, 0.6) is 0 Å². The van der Waals surface area contributed by atoms with Crippen molar-refractivity contribution in [1.82, 2.24) is 24.5 Å². The highest BCUT2D eigenvalue weighted by Crippen LogP contribution is 2.25. The van der Waals surface area contributed by atoms with Crippen molar-refractivity contribution >= 4 is 34.3 Å². The van der Waals surface area contributed by atoms with E-state index in [0.717, 1.165) is 5.56 Å². The molecule has 8 heteroatoms. The molecule has 0 aliphatic rings. The van der Waals surface area contributed by atoms with Gasteiger partial charge in [-0.1, -0.05) is 60.3 Å². The van der Waals surface area contributed by atoms with Gasteiger partial charge >= 0.3 is 0 Å². The number of carbonyl (C=O) groups is 1. The van der Waals surface area contributed by atoms with Crippen LogP contribution in [0.4, 0.5) is 0 Å². The molecular formula is C22H21N5O2S. The summed E-state index contributed by atoms with van der Waals surface area (Å²) in [6.07, 6.45) is 1.65. The Bertz CT molecular complexity index is 1280. The third-order valence-corrected chi connectivity index (χ3v) is 5.79. The van der Waals surface area contributed by atoms with Gasteiger partial charge < -0.3 is 5.32 Å². The van der Waals surface area contributed by atoms with Gasteiger partial charge in [0.05, 0.1) is 16.2 Å². The molecule has 0 aliphatic carbocycles. The maximum absolute atomic E-state index is 12.9. The third-order valence-electron chi connectivity index (χ3n) is 4.75. The summed E-state index contributed by atoms with van der Waals surface area (Å²) in [6.45, 7) is 6.35. The first-order valence-corrected chi connectivity index (χ1v) is 10.4. The van der Waals surface area contributed by atoms with Crippen LogP contribution in [0, 0.1) is 0 Å². The lowest BCUT2D eigenvalue weighted by atomic mass is 10.2. The molecule has 1 N–H and O–H groups in total. The van der Waals surface area contributed by atoms with E-state index in [1.165, 1.54) is 16.3 Å². The predicted octanol–water partition coefficient (Wildman–Crippen LogP) is 3.03. The molecule has 0 saturated heterocycles. The highest BCUT2D eigenvalue weighted by molar-refractivity contribution is 8.00. The van der Waals surface area contributed by atoms with Gasteiger partial charge in [0.2, 0.25) is 11.7 Å². The monoisotopic (exact) mass is 419 g/mol. The first-order valence-electron chi connectivity index (χ1n) is 9.56. The summed E-state index contributed by atoms with van der Waals surface area (Å²) in [5, 5.41) is 12.2. The van der Waals surface area contributed by atoms with Crippen molar-refractivity contribution in [2.45, 2.75) is 30.4 Å². The van der Waals surface area contributed by atoms with Crippen molar-refractivity contribution in [3.05, 3.63) is 83.2 Å². The van der Waals surface area contributed by atoms with E-state index in [-0.39, 0.29) is 16.7 Å². The highest BCUT2D eigenvalue weighted by atomic mass is 32.2. The van der Waals surface area contributed by atoms with Crippen LogP contribution in [-0.2, 0) is 17.9 Å². The molecule has 30 heavy (non-hydrogen) atoms. The van der Waals surface area contributed by atoms with Crippen molar-refractivity contribution in [3.63, 3.8) is 0 Å². The molecule has 0 unspecified atom stereocenters. The molecule has 0 radical (unpaired) electrons. The van der Waals surface area contributed by atoms with Gasteiger partial charge in [0, 0.05) is 13.1 Å². The Labute approximate surface area is 177 Å². The van der Waals surface area contributed by atoms with Gasteiger partial charge in [0.15, 0.2) is 5.16 Å². The number of fused-ring (bicyclic) bond motifs is 3. The average molecular weight is 420 g/mol. The van der Waals surface area contributed by atoms with E-state index < -0.39 is 0 Å². The molecule has 2 aromatic heterocycles. The van der Waals surface area contributed by atoms with E-state index in [9.17, 15) is 9.59 Å². The zero-order valence-electron chi connectivity index (χ0n) is 16.5. The number of hydrogen-bond acceptors (Lipinski definition) is 5. The van der Waals surface area contributed by atoms with Crippen LogP contribution in [0.15, 0.2) is 77.2 Å². The van der Waals surface area contributed by atoms with E-state index in [2.05, 4.69) is 22.1 Å². The standard InChI is InChI=1S/C22H21N5O2S/c1-3-13-26-20(29)17-11-7-8-12-18(17)27-21(26)24-25-22(27)30-15(2)19(28)23-14-16-9-5-4-6-10-16/h3-12,15H,1,13-14H2,2H3,(H,23,28)/t15-/m1/s1. The summed E-state index contributed by atoms with van der Waals surface area (Å²) < 4.78 is 3.36. The fourth-order valence-corrected chi connectivity index (χ4v) is 4.12. The fourth-order valence-electron chi connectivity index (χ4n) is 3.24. The second kappa shape index (κ2) is 8.54. The van der Waals surface area contributed by atoms with Crippen molar-refractivity contribution in [3.8, 4) is 0 Å². The van der Waals surface area contributed by atoms with E-state index in [0.29, 0.717) is 34.9 Å². The normalized spacial score (nSPS) is 12.2. The van der Waals surface area contributed by atoms with Gasteiger partial charge in [-0.05, 0) is 24.6 Å². The molecule has 0 fully saturated rings. The van der Waals surface area contributed by atoms with Crippen LogP contribution in [0.1, 0.15) is 12.5 Å². The number of aromatic nitrogens is 4. The smallest absolute Gasteiger partial charge is 0.263 e. The van der Waals surface area contributed by atoms with Crippen molar-refractivity contribution in [2.75, 3.05) is 0 Å². The molecule has 0 bridgehead atoms. The van der Waals surface area contributed by atoms with Gasteiger partial charge in [0.25, 0.3) is 5.56 Å². The summed E-state index contributed by atoms with van der Waals surface area (Å²) in [5.41, 5.74) is 1.60. The molecule has 0 aliphatic heterocycles. The number of para-hydroxylation sites is 1. The van der Waals surface area contributed by atoms with Crippen LogP contribution >= 0.6 is 11.8 Å². The van der Waals surface area contributed by atoms with Gasteiger partial charge in [-0.3, -0.25) is 18.6 Å². The number of thioether (sulfide) groups is 1. The Morgan fingerprint density at radius 2 is 1.90 bits per heavy atom. The van der Waals surface area contributed by atoms with E-state index in [4.69, 9.17) is 0 Å². The van der Waals surface area contributed by atoms with Gasteiger partial charge in [0.1, 0.15) is 0 Å². The lowest BCUT2D eigenvalue weighted by molar-refractivity contribution is -0.120. The second-order valence-electron chi connectivity index (χ2n) is 6.80. The number of benzene rings is 2. The predicted molar refractivity (Wildman–Crippen MR) is 119 cm³/mol. The van der Waals surface area contributed by atoms with Crippen molar-refractivity contribution < 1.29 is 4.79 Å². The Hall–Kier alpha value is -3.39. The molecule has 1 amide bonds. The number of allylic oxidation sites excluding steroid dienone is 1. The second-order valence-corrected chi connectivity index (χ2v) is 8.11. The molecule has 0 spiro atoms. The van der Waals surface area contributed by atoms with Crippen LogP contribution in [0.2, 0.25) is 0 Å². The van der Waals surface area contributed by atoms with Gasteiger partial charge in [-0.25, -0.2) is 0 Å². The number of nitrogens with one attached hydrogen (secondary N) is 1. The Morgan fingerprint density at radius 1 is 1.17 bits per heavy atom. The van der Waals surface area contributed by atoms with Crippen LogP contribution in [-0.4, -0.2) is 30.3 Å². The number of amides is 1. The average Bonchev–Trinajstić information content (AvgIpc) is 3.19. The topological polar surface area (TPSA) is 81.3 Å². The minimum Gasteiger partial charge on any atom is -0.351 e. The Kier molecular flexibility index (Phi) is 5.67. The first kappa shape index (κ1) is 19.9. The molecule has 1 atom stereocenters. The summed E-state index contributed by atoms with van der Waals surface area (Å²) in [5.74, 6) is 0.335. The molecule has 7 nitrogen and oxygen atoms in total. The van der Waals surface area contributed by atoms with Crippen molar-refractivity contribution in [1.29, 1.82) is 0 Å². The first-order chi connectivity index (χ1) is 14.6. The largest absolute Gasteiger partial charge is 0.351 e. The maximum Gasteiger partial charge on any atom is 0.263 e. The number of nitrogens with zero attached hydrogens (tertiary/aromatic N) is 4. The highest BCUT2D eigenvalue weighted by Gasteiger charge is 2.21. The van der Waals surface area contributed by atoms with E-state index in [1.807, 2.05) is 59.9 Å². The Balaban J connectivity index is 1.65. The van der Waals surface area contributed by atoms with Crippen LogP contribution in [0.3, 0.4) is 0 Å². The minimum atomic E-state index is -0.389. The molecule has 152 valence electrons. The zero-order valence-corrected chi connectivity index (χ0v) is 17.3. The SMILES string of the molecule is C=CCn1c(=O)c2ccccc2n2c(S[C@H](C)C(=O)NCc3ccccc3)nnc12. The lowest BCUT2D eigenvalue weighted by Crippen LogP contribution is -2.30. The molecule has 2 heterocycles. The van der Waals surface area contributed by atoms with E-state index in [1.54, 1.807) is 12.1 Å². The molecule has 2 aromatic carbocycles. The van der Waals surface area contributed by atoms with Crippen LogP contribution < -0.4 is 10.9 Å². The summed E-state index contributed by atoms with van der Waals surface area (Å²) in [6, 6.07) is 17.1. The molecule has 4 aromatic rings. The summed E-state index contributed by atoms with van der Waals surface area (Å²) in [7, 11) is 0. The molecular weight excluding hydrogens is 398 g/mol. The molecule has 0 saturated carbocycles. The Morgan fingerprint density at radius 3 is 2.67 bits per heavy atom. The molecule has 4 rings (SSSR count). The number of hydrogen-bond donors (Lipinski definition) is 1. The third kappa shape index (κ3) is 3.73. The van der Waals surface area contributed by atoms with Gasteiger partial charge in [-0.2, -0.15) is 0 Å². The van der Waals surface area contributed by atoms with Gasteiger partial charge in [-0.15, -0.1) is 16.8 Å². The van der Waals surface area contributed by atoms with Crippen molar-refractivity contribution in [2.24, 2.45) is 0 Å².